The van der Waals surface area contributed by atoms with Crippen LogP contribution in [0, 0.1) is 0 Å². The number of hydrogen-bond donors (Lipinski definition) is 2. The summed E-state index contributed by atoms with van der Waals surface area (Å²) in [7, 11) is 1.70. The van der Waals surface area contributed by atoms with Crippen LogP contribution in [-0.2, 0) is 24.3 Å². The van der Waals surface area contributed by atoms with Gasteiger partial charge in [0.15, 0.2) is 11.5 Å². The second kappa shape index (κ2) is 12.4. The normalized spacial score (nSPS) is 18.1. The highest BCUT2D eigenvalue weighted by Gasteiger charge is 2.36. The van der Waals surface area contributed by atoms with Crippen LogP contribution in [0.25, 0.3) is 10.8 Å². The SMILES string of the molecule is COc1ccc(CN[C@H]2C[C@@H](C(=O)NCCc3ccc4c(c3)OCO4)N(Cc3cccc(Cl)c3)C2)c2ccccc12. The lowest BCUT2D eigenvalue weighted by molar-refractivity contribution is -0.125. The molecule has 4 aromatic rings. The van der Waals surface area contributed by atoms with Crippen LogP contribution in [0.5, 0.6) is 17.2 Å². The Labute approximate surface area is 245 Å². The maximum Gasteiger partial charge on any atom is 0.237 e. The van der Waals surface area contributed by atoms with Crippen LogP contribution in [-0.4, -0.2) is 49.9 Å². The summed E-state index contributed by atoms with van der Waals surface area (Å²) in [6, 6.07) is 26.2. The van der Waals surface area contributed by atoms with Crippen LogP contribution in [0.1, 0.15) is 23.1 Å². The molecule has 0 aromatic heterocycles. The first-order chi connectivity index (χ1) is 20.1. The third kappa shape index (κ3) is 6.27. The maximum absolute atomic E-state index is 13.5. The molecule has 212 valence electrons. The van der Waals surface area contributed by atoms with E-state index in [4.69, 9.17) is 25.8 Å². The summed E-state index contributed by atoms with van der Waals surface area (Å²) in [5.41, 5.74) is 3.40. The van der Waals surface area contributed by atoms with Gasteiger partial charge >= 0.3 is 0 Å². The lowest BCUT2D eigenvalue weighted by Crippen LogP contribution is -2.43. The molecule has 2 aliphatic heterocycles. The van der Waals surface area contributed by atoms with Crippen molar-refractivity contribution < 1.29 is 19.0 Å². The van der Waals surface area contributed by atoms with E-state index < -0.39 is 0 Å². The van der Waals surface area contributed by atoms with Gasteiger partial charge in [-0.1, -0.05) is 60.1 Å². The minimum absolute atomic E-state index is 0.0481. The Hall–Kier alpha value is -3.78. The first-order valence-electron chi connectivity index (χ1n) is 14.0. The minimum Gasteiger partial charge on any atom is -0.496 e. The highest BCUT2D eigenvalue weighted by molar-refractivity contribution is 6.30. The van der Waals surface area contributed by atoms with Crippen molar-refractivity contribution in [2.45, 2.75) is 38.0 Å². The zero-order chi connectivity index (χ0) is 28.2. The maximum atomic E-state index is 13.5. The molecule has 0 aliphatic carbocycles. The van der Waals surface area contributed by atoms with E-state index in [1.165, 1.54) is 10.9 Å². The molecule has 41 heavy (non-hydrogen) atoms. The largest absolute Gasteiger partial charge is 0.496 e. The van der Waals surface area contributed by atoms with Crippen molar-refractivity contribution in [2.24, 2.45) is 0 Å². The number of rotatable bonds is 10. The number of fused-ring (bicyclic) bond motifs is 2. The number of carbonyl (C=O) groups is 1. The average Bonchev–Trinajstić information content (AvgIpc) is 3.62. The van der Waals surface area contributed by atoms with Gasteiger partial charge in [0.05, 0.1) is 13.2 Å². The number of nitrogens with one attached hydrogen (secondary N) is 2. The van der Waals surface area contributed by atoms with E-state index in [1.54, 1.807) is 7.11 Å². The summed E-state index contributed by atoms with van der Waals surface area (Å²) in [5, 5.41) is 9.88. The van der Waals surface area contributed by atoms with E-state index in [2.05, 4.69) is 45.9 Å². The zero-order valence-corrected chi connectivity index (χ0v) is 23.8. The summed E-state index contributed by atoms with van der Waals surface area (Å²) in [6.07, 6.45) is 1.44. The third-order valence-electron chi connectivity index (χ3n) is 7.91. The molecule has 0 spiro atoms. The molecule has 1 fully saturated rings. The van der Waals surface area contributed by atoms with E-state index >= 15 is 0 Å². The summed E-state index contributed by atoms with van der Waals surface area (Å²) in [4.78, 5) is 15.7. The second-order valence-electron chi connectivity index (χ2n) is 10.6. The smallest absolute Gasteiger partial charge is 0.237 e. The van der Waals surface area contributed by atoms with Gasteiger partial charge in [0.25, 0.3) is 0 Å². The first kappa shape index (κ1) is 27.4. The Balaban J connectivity index is 1.12. The molecular formula is C33H34ClN3O4. The molecule has 2 N–H and O–H groups in total. The molecule has 1 saturated heterocycles. The number of benzene rings is 4. The number of likely N-dealkylation sites (tertiary alicyclic amines) is 1. The number of hydrogen-bond acceptors (Lipinski definition) is 6. The third-order valence-corrected chi connectivity index (χ3v) is 8.14. The van der Waals surface area contributed by atoms with Crippen molar-refractivity contribution in [1.82, 2.24) is 15.5 Å². The van der Waals surface area contributed by atoms with Crippen molar-refractivity contribution in [3.63, 3.8) is 0 Å². The predicted octanol–water partition coefficient (Wildman–Crippen LogP) is 5.32. The molecule has 4 aromatic carbocycles. The van der Waals surface area contributed by atoms with Gasteiger partial charge in [-0.15, -0.1) is 0 Å². The lowest BCUT2D eigenvalue weighted by atomic mass is 10.0. The molecular weight excluding hydrogens is 538 g/mol. The summed E-state index contributed by atoms with van der Waals surface area (Å²) in [5.74, 6) is 2.44. The van der Waals surface area contributed by atoms with E-state index in [0.29, 0.717) is 24.7 Å². The van der Waals surface area contributed by atoms with Crippen molar-refractivity contribution in [3.8, 4) is 17.2 Å². The molecule has 1 amide bonds. The predicted molar refractivity (Wildman–Crippen MR) is 161 cm³/mol. The van der Waals surface area contributed by atoms with Gasteiger partial charge < -0.3 is 24.8 Å². The fourth-order valence-corrected chi connectivity index (χ4v) is 6.05. The van der Waals surface area contributed by atoms with Crippen LogP contribution >= 0.6 is 11.6 Å². The quantitative estimate of drug-likeness (QED) is 0.268. The Kier molecular flexibility index (Phi) is 8.28. The fraction of sp³-hybridized carbons (Fsp3) is 0.303. The average molecular weight is 572 g/mol. The number of ether oxygens (including phenoxy) is 3. The molecule has 8 heteroatoms. The van der Waals surface area contributed by atoms with Crippen molar-refractivity contribution in [1.29, 1.82) is 0 Å². The topological polar surface area (TPSA) is 72.1 Å². The Morgan fingerprint density at radius 1 is 0.976 bits per heavy atom. The highest BCUT2D eigenvalue weighted by Crippen LogP contribution is 2.33. The fourth-order valence-electron chi connectivity index (χ4n) is 5.83. The monoisotopic (exact) mass is 571 g/mol. The molecule has 0 saturated carbocycles. The van der Waals surface area contributed by atoms with Gasteiger partial charge in [-0.2, -0.15) is 0 Å². The summed E-state index contributed by atoms with van der Waals surface area (Å²) < 4.78 is 16.5. The number of halogens is 1. The lowest BCUT2D eigenvalue weighted by Gasteiger charge is -2.23. The Morgan fingerprint density at radius 3 is 2.68 bits per heavy atom. The molecule has 7 nitrogen and oxygen atoms in total. The van der Waals surface area contributed by atoms with Crippen LogP contribution in [0.3, 0.4) is 0 Å². The van der Waals surface area contributed by atoms with E-state index in [9.17, 15) is 4.79 Å². The van der Waals surface area contributed by atoms with Crippen molar-refractivity contribution in [2.75, 3.05) is 27.0 Å². The first-order valence-corrected chi connectivity index (χ1v) is 14.4. The molecule has 0 unspecified atom stereocenters. The number of carbonyl (C=O) groups excluding carboxylic acids is 1. The zero-order valence-electron chi connectivity index (χ0n) is 23.1. The van der Waals surface area contributed by atoms with Gasteiger partial charge in [-0.05, 0) is 65.3 Å². The molecule has 0 bridgehead atoms. The van der Waals surface area contributed by atoms with E-state index in [0.717, 1.165) is 53.1 Å². The Bertz CT molecular complexity index is 1540. The van der Waals surface area contributed by atoms with Gasteiger partial charge in [-0.25, -0.2) is 0 Å². The molecule has 2 aliphatic rings. The number of amides is 1. The van der Waals surface area contributed by atoms with Crippen LogP contribution in [0.2, 0.25) is 5.02 Å². The summed E-state index contributed by atoms with van der Waals surface area (Å²) >= 11 is 6.27. The van der Waals surface area contributed by atoms with Crippen molar-refractivity contribution >= 4 is 28.3 Å². The van der Waals surface area contributed by atoms with Gasteiger partial charge in [0, 0.05) is 42.6 Å². The number of methoxy groups -OCH3 is 1. The van der Waals surface area contributed by atoms with Crippen LogP contribution in [0.15, 0.2) is 78.9 Å². The van der Waals surface area contributed by atoms with E-state index in [1.807, 2.05) is 48.5 Å². The molecule has 2 heterocycles. The van der Waals surface area contributed by atoms with E-state index in [-0.39, 0.29) is 24.8 Å². The molecule has 6 rings (SSSR count). The molecule has 0 radical (unpaired) electrons. The standard InChI is InChI=1S/C33H34ClN3O4/c1-39-30-12-10-24(27-7-2-3-8-28(27)30)18-36-26-17-29(37(20-26)19-23-5-4-6-25(34)15-23)33(38)35-14-13-22-9-11-31-32(16-22)41-21-40-31/h2-12,15-16,26,29,36H,13-14,17-21H2,1H3,(H,35,38)/t26-,29-/m0/s1. The highest BCUT2D eigenvalue weighted by atomic mass is 35.5. The van der Waals surface area contributed by atoms with Crippen LogP contribution in [0.4, 0.5) is 0 Å². The van der Waals surface area contributed by atoms with Crippen molar-refractivity contribution in [3.05, 3.63) is 101 Å². The minimum atomic E-state index is -0.240. The van der Waals surface area contributed by atoms with Gasteiger partial charge in [0.2, 0.25) is 12.7 Å². The van der Waals surface area contributed by atoms with Gasteiger partial charge in [0.1, 0.15) is 5.75 Å². The second-order valence-corrected chi connectivity index (χ2v) is 11.0. The Morgan fingerprint density at radius 2 is 1.83 bits per heavy atom. The van der Waals surface area contributed by atoms with Crippen LogP contribution < -0.4 is 24.8 Å². The van der Waals surface area contributed by atoms with Gasteiger partial charge in [-0.3, -0.25) is 9.69 Å². The number of nitrogens with zero attached hydrogens (tertiary/aromatic N) is 1. The summed E-state index contributed by atoms with van der Waals surface area (Å²) in [6.45, 7) is 2.93. The molecule has 2 atom stereocenters.